The molecule has 22 heavy (non-hydrogen) atoms. The lowest BCUT2D eigenvalue weighted by Gasteiger charge is -2.09. The second-order valence-corrected chi connectivity index (χ2v) is 6.90. The van der Waals surface area contributed by atoms with Gasteiger partial charge in [-0.2, -0.15) is 0 Å². The van der Waals surface area contributed by atoms with Crippen LogP contribution in [0.25, 0.3) is 11.1 Å². The molecule has 0 spiro atoms. The first kappa shape index (κ1) is 13.8. The molecular weight excluding hydrogens is 296 g/mol. The van der Waals surface area contributed by atoms with Gasteiger partial charge in [-0.15, -0.1) is 10.2 Å². The molecule has 2 heterocycles. The number of rotatable bonds is 5. The monoisotopic (exact) mass is 314 g/mol. The van der Waals surface area contributed by atoms with E-state index in [1.54, 1.807) is 11.8 Å². The molecule has 1 aliphatic carbocycles. The fourth-order valence-electron chi connectivity index (χ4n) is 2.56. The molecule has 114 valence electrons. The average Bonchev–Trinajstić information content (AvgIpc) is 3.12. The number of hydrogen-bond donors (Lipinski definition) is 0. The molecule has 1 fully saturated rings. The van der Waals surface area contributed by atoms with Crippen LogP contribution in [0.15, 0.2) is 33.8 Å². The number of para-hydroxylation sites is 2. The van der Waals surface area contributed by atoms with E-state index in [-0.39, 0.29) is 0 Å². The smallest absolute Gasteiger partial charge is 0.205 e. The van der Waals surface area contributed by atoms with Crippen LogP contribution in [-0.4, -0.2) is 19.7 Å². The van der Waals surface area contributed by atoms with Crippen molar-refractivity contribution in [3.05, 3.63) is 36.0 Å². The standard InChI is InChI=1S/C16H18N4OS/c1-10(2)15-18-19-16(20(15)11-7-8-11)22-9-14-17-12-5-3-4-6-13(12)21-14/h3-6,10-11H,7-9H2,1-2H3. The van der Waals surface area contributed by atoms with Crippen molar-refractivity contribution in [1.82, 2.24) is 19.7 Å². The fraction of sp³-hybridized carbons (Fsp3) is 0.438. The van der Waals surface area contributed by atoms with Gasteiger partial charge in [0.05, 0.1) is 5.75 Å². The molecule has 1 saturated carbocycles. The highest BCUT2D eigenvalue weighted by atomic mass is 32.2. The molecule has 0 unspecified atom stereocenters. The Morgan fingerprint density at radius 3 is 2.82 bits per heavy atom. The average molecular weight is 314 g/mol. The molecule has 3 aromatic rings. The van der Waals surface area contributed by atoms with Gasteiger partial charge in [-0.25, -0.2) is 4.98 Å². The maximum atomic E-state index is 5.77. The van der Waals surface area contributed by atoms with E-state index in [1.807, 2.05) is 24.3 Å². The summed E-state index contributed by atoms with van der Waals surface area (Å²) in [5.41, 5.74) is 1.74. The molecule has 6 heteroatoms. The van der Waals surface area contributed by atoms with Gasteiger partial charge in [-0.1, -0.05) is 37.7 Å². The third-order valence-electron chi connectivity index (χ3n) is 3.78. The van der Waals surface area contributed by atoms with Crippen LogP contribution in [0.2, 0.25) is 0 Å². The maximum absolute atomic E-state index is 5.77. The number of benzene rings is 1. The summed E-state index contributed by atoms with van der Waals surface area (Å²) in [6, 6.07) is 8.43. The lowest BCUT2D eigenvalue weighted by molar-refractivity contribution is 0.554. The maximum Gasteiger partial charge on any atom is 0.205 e. The molecular formula is C16H18N4OS. The van der Waals surface area contributed by atoms with Crippen molar-refractivity contribution < 1.29 is 4.42 Å². The normalized spacial score (nSPS) is 15.0. The van der Waals surface area contributed by atoms with Crippen molar-refractivity contribution in [2.75, 3.05) is 0 Å². The van der Waals surface area contributed by atoms with Gasteiger partial charge in [0.15, 0.2) is 10.7 Å². The Kier molecular flexibility index (Phi) is 3.41. The second-order valence-electron chi connectivity index (χ2n) is 5.96. The minimum Gasteiger partial charge on any atom is -0.440 e. The summed E-state index contributed by atoms with van der Waals surface area (Å²) < 4.78 is 8.07. The van der Waals surface area contributed by atoms with Crippen molar-refractivity contribution in [3.8, 4) is 0 Å². The third kappa shape index (κ3) is 2.52. The Labute approximate surface area is 133 Å². The summed E-state index contributed by atoms with van der Waals surface area (Å²) in [6.45, 7) is 4.33. The first-order valence-corrected chi connectivity index (χ1v) is 8.63. The van der Waals surface area contributed by atoms with Gasteiger partial charge in [-0.3, -0.25) is 0 Å². The summed E-state index contributed by atoms with van der Waals surface area (Å²) in [7, 11) is 0. The van der Waals surface area contributed by atoms with Crippen molar-refractivity contribution in [1.29, 1.82) is 0 Å². The lowest BCUT2D eigenvalue weighted by Crippen LogP contribution is -2.04. The largest absolute Gasteiger partial charge is 0.440 e. The van der Waals surface area contributed by atoms with Gasteiger partial charge in [0, 0.05) is 12.0 Å². The van der Waals surface area contributed by atoms with Crippen LogP contribution in [-0.2, 0) is 5.75 Å². The summed E-state index contributed by atoms with van der Waals surface area (Å²) in [5.74, 6) is 2.90. The minimum absolute atomic E-state index is 0.395. The van der Waals surface area contributed by atoms with Gasteiger partial charge in [0.1, 0.15) is 11.3 Å². The van der Waals surface area contributed by atoms with Crippen LogP contribution >= 0.6 is 11.8 Å². The Morgan fingerprint density at radius 1 is 1.27 bits per heavy atom. The van der Waals surface area contributed by atoms with Crippen molar-refractivity contribution in [2.24, 2.45) is 0 Å². The van der Waals surface area contributed by atoms with E-state index < -0.39 is 0 Å². The number of thioether (sulfide) groups is 1. The third-order valence-corrected chi connectivity index (χ3v) is 4.71. The van der Waals surface area contributed by atoms with Gasteiger partial charge >= 0.3 is 0 Å². The molecule has 1 aliphatic rings. The summed E-state index contributed by atoms with van der Waals surface area (Å²) in [5, 5.41) is 9.73. The molecule has 0 bridgehead atoms. The zero-order valence-electron chi connectivity index (χ0n) is 12.7. The predicted octanol–water partition coefficient (Wildman–Crippen LogP) is 4.17. The minimum atomic E-state index is 0.395. The van der Waals surface area contributed by atoms with E-state index in [0.717, 1.165) is 28.0 Å². The first-order valence-electron chi connectivity index (χ1n) is 7.64. The molecule has 1 aromatic carbocycles. The van der Waals surface area contributed by atoms with Crippen LogP contribution in [0.1, 0.15) is 50.4 Å². The van der Waals surface area contributed by atoms with E-state index >= 15 is 0 Å². The van der Waals surface area contributed by atoms with Crippen LogP contribution in [0.5, 0.6) is 0 Å². The molecule has 0 atom stereocenters. The summed E-state index contributed by atoms with van der Waals surface area (Å²) >= 11 is 1.66. The zero-order valence-corrected chi connectivity index (χ0v) is 13.5. The van der Waals surface area contributed by atoms with Gasteiger partial charge in [0.25, 0.3) is 0 Å². The van der Waals surface area contributed by atoms with Gasteiger partial charge in [0.2, 0.25) is 5.89 Å². The van der Waals surface area contributed by atoms with Gasteiger partial charge < -0.3 is 8.98 Å². The molecule has 0 amide bonds. The van der Waals surface area contributed by atoms with Crippen LogP contribution in [0.3, 0.4) is 0 Å². The Hall–Kier alpha value is -1.82. The van der Waals surface area contributed by atoms with Crippen LogP contribution < -0.4 is 0 Å². The molecule has 0 saturated heterocycles. The van der Waals surface area contributed by atoms with Crippen LogP contribution in [0.4, 0.5) is 0 Å². The Balaban J connectivity index is 1.56. The Bertz CT molecular complexity index is 770. The van der Waals surface area contributed by atoms with E-state index in [4.69, 9.17) is 4.42 Å². The highest BCUT2D eigenvalue weighted by Crippen LogP contribution is 2.40. The lowest BCUT2D eigenvalue weighted by atomic mass is 10.2. The quantitative estimate of drug-likeness (QED) is 0.662. The summed E-state index contributed by atoms with van der Waals surface area (Å²) in [6.07, 6.45) is 2.46. The highest BCUT2D eigenvalue weighted by molar-refractivity contribution is 7.98. The van der Waals surface area contributed by atoms with E-state index in [0.29, 0.717) is 17.7 Å². The topological polar surface area (TPSA) is 56.7 Å². The van der Waals surface area contributed by atoms with Gasteiger partial charge in [-0.05, 0) is 25.0 Å². The van der Waals surface area contributed by atoms with Crippen molar-refractivity contribution in [2.45, 2.75) is 49.6 Å². The Morgan fingerprint density at radius 2 is 2.09 bits per heavy atom. The van der Waals surface area contributed by atoms with Crippen molar-refractivity contribution in [3.63, 3.8) is 0 Å². The SMILES string of the molecule is CC(C)c1nnc(SCc2nc3ccccc3o2)n1C1CC1. The highest BCUT2D eigenvalue weighted by Gasteiger charge is 2.30. The number of hydrogen-bond acceptors (Lipinski definition) is 5. The van der Waals surface area contributed by atoms with E-state index in [9.17, 15) is 0 Å². The molecule has 0 radical (unpaired) electrons. The molecule has 0 N–H and O–H groups in total. The molecule has 4 rings (SSSR count). The number of oxazole rings is 1. The fourth-order valence-corrected chi connectivity index (χ4v) is 3.42. The molecule has 5 nitrogen and oxygen atoms in total. The van der Waals surface area contributed by atoms with Crippen LogP contribution in [0, 0.1) is 0 Å². The number of fused-ring (bicyclic) bond motifs is 1. The molecule has 0 aliphatic heterocycles. The van der Waals surface area contributed by atoms with E-state index in [1.165, 1.54) is 12.8 Å². The summed E-state index contributed by atoms with van der Waals surface area (Å²) in [4.78, 5) is 4.51. The second kappa shape index (κ2) is 5.43. The number of aromatic nitrogens is 4. The van der Waals surface area contributed by atoms with Crippen molar-refractivity contribution >= 4 is 22.9 Å². The zero-order chi connectivity index (χ0) is 15.1. The molecule has 2 aromatic heterocycles. The van der Waals surface area contributed by atoms with E-state index in [2.05, 4.69) is 33.6 Å². The first-order chi connectivity index (χ1) is 10.7. The predicted molar refractivity (Wildman–Crippen MR) is 86.0 cm³/mol. The number of nitrogens with zero attached hydrogens (tertiary/aromatic N) is 4.